The molecule has 2 nitrogen and oxygen atoms in total. The van der Waals surface area contributed by atoms with Crippen LogP contribution in [0.2, 0.25) is 0 Å². The highest BCUT2D eigenvalue weighted by Gasteiger charge is 2.32. The number of thiazole rings is 1. The van der Waals surface area contributed by atoms with Crippen molar-refractivity contribution in [1.29, 1.82) is 0 Å². The van der Waals surface area contributed by atoms with Gasteiger partial charge >= 0.3 is 0 Å². The SMILES string of the molecule is CC1(C)C=CC(C=O)C(c2nccs2)C1. The minimum Gasteiger partial charge on any atom is -0.303 e. The van der Waals surface area contributed by atoms with Gasteiger partial charge in [-0.3, -0.25) is 0 Å². The summed E-state index contributed by atoms with van der Waals surface area (Å²) in [4.78, 5) is 15.3. The largest absolute Gasteiger partial charge is 0.303 e. The number of allylic oxidation sites excluding steroid dienone is 2. The monoisotopic (exact) mass is 221 g/mol. The number of hydrogen-bond acceptors (Lipinski definition) is 3. The van der Waals surface area contributed by atoms with Gasteiger partial charge in [-0.05, 0) is 11.8 Å². The molecule has 1 aliphatic carbocycles. The molecule has 2 rings (SSSR count). The van der Waals surface area contributed by atoms with Crippen molar-refractivity contribution >= 4 is 17.6 Å². The molecule has 2 atom stereocenters. The average Bonchev–Trinajstić information content (AvgIpc) is 2.69. The van der Waals surface area contributed by atoms with Gasteiger partial charge in [0, 0.05) is 23.4 Å². The summed E-state index contributed by atoms with van der Waals surface area (Å²) in [5.74, 6) is 0.270. The molecular weight excluding hydrogens is 206 g/mol. The second-order valence-corrected chi connectivity index (χ2v) is 5.67. The van der Waals surface area contributed by atoms with E-state index >= 15 is 0 Å². The Balaban J connectivity index is 2.30. The van der Waals surface area contributed by atoms with Crippen LogP contribution in [0.15, 0.2) is 23.7 Å². The van der Waals surface area contributed by atoms with Crippen LogP contribution in [-0.4, -0.2) is 11.3 Å². The summed E-state index contributed by atoms with van der Waals surface area (Å²) in [6.45, 7) is 4.40. The van der Waals surface area contributed by atoms with Crippen LogP contribution in [0.3, 0.4) is 0 Å². The van der Waals surface area contributed by atoms with Crippen molar-refractivity contribution in [2.75, 3.05) is 0 Å². The van der Waals surface area contributed by atoms with Gasteiger partial charge in [-0.2, -0.15) is 0 Å². The standard InChI is InChI=1S/C12H15NOS/c1-12(2)4-3-9(8-14)10(7-12)11-13-5-6-15-11/h3-6,8-10H,7H2,1-2H3. The fourth-order valence-electron chi connectivity index (χ4n) is 2.09. The van der Waals surface area contributed by atoms with E-state index in [0.29, 0.717) is 0 Å². The summed E-state index contributed by atoms with van der Waals surface area (Å²) in [5, 5.41) is 3.06. The molecule has 0 radical (unpaired) electrons. The van der Waals surface area contributed by atoms with Crippen molar-refractivity contribution in [3.63, 3.8) is 0 Å². The van der Waals surface area contributed by atoms with Gasteiger partial charge in [0.05, 0.1) is 5.01 Å². The number of carbonyl (C=O) groups excluding carboxylic acids is 1. The first-order chi connectivity index (χ1) is 7.12. The van der Waals surface area contributed by atoms with Crippen LogP contribution in [0.25, 0.3) is 0 Å². The van der Waals surface area contributed by atoms with E-state index in [2.05, 4.69) is 24.9 Å². The molecule has 3 heteroatoms. The Morgan fingerprint density at radius 2 is 2.40 bits per heavy atom. The van der Waals surface area contributed by atoms with Crippen LogP contribution in [0.4, 0.5) is 0 Å². The minimum atomic E-state index is 0.00387. The molecule has 15 heavy (non-hydrogen) atoms. The number of aldehydes is 1. The molecule has 2 unspecified atom stereocenters. The van der Waals surface area contributed by atoms with Gasteiger partial charge in [-0.15, -0.1) is 11.3 Å². The first kappa shape index (κ1) is 10.6. The van der Waals surface area contributed by atoms with E-state index in [4.69, 9.17) is 0 Å². The Bertz CT molecular complexity index is 367. The highest BCUT2D eigenvalue weighted by atomic mass is 32.1. The lowest BCUT2D eigenvalue weighted by atomic mass is 9.73. The first-order valence-corrected chi connectivity index (χ1v) is 6.04. The third-order valence-corrected chi connectivity index (χ3v) is 3.81. The highest BCUT2D eigenvalue weighted by molar-refractivity contribution is 7.09. The Hall–Kier alpha value is -0.960. The maximum absolute atomic E-state index is 11.0. The maximum atomic E-state index is 11.0. The van der Waals surface area contributed by atoms with Crippen LogP contribution in [-0.2, 0) is 4.79 Å². The molecule has 0 fully saturated rings. The molecule has 0 aliphatic heterocycles. The van der Waals surface area contributed by atoms with E-state index in [1.54, 1.807) is 11.3 Å². The van der Waals surface area contributed by atoms with Crippen molar-refractivity contribution in [3.8, 4) is 0 Å². The van der Waals surface area contributed by atoms with Crippen molar-refractivity contribution in [3.05, 3.63) is 28.7 Å². The zero-order valence-corrected chi connectivity index (χ0v) is 9.83. The Morgan fingerprint density at radius 3 is 3.00 bits per heavy atom. The summed E-state index contributed by atoms with van der Waals surface area (Å²) < 4.78 is 0. The lowest BCUT2D eigenvalue weighted by molar-refractivity contribution is -0.110. The number of carbonyl (C=O) groups is 1. The van der Waals surface area contributed by atoms with E-state index in [1.165, 1.54) is 0 Å². The van der Waals surface area contributed by atoms with E-state index in [1.807, 2.05) is 17.7 Å². The Labute approximate surface area is 94.0 Å². The van der Waals surface area contributed by atoms with Gasteiger partial charge in [0.25, 0.3) is 0 Å². The molecule has 1 heterocycles. The molecule has 0 aromatic carbocycles. The zero-order chi connectivity index (χ0) is 10.9. The molecule has 0 amide bonds. The molecule has 0 saturated carbocycles. The Kier molecular flexibility index (Phi) is 2.74. The molecule has 1 aromatic rings. The number of nitrogens with zero attached hydrogens (tertiary/aromatic N) is 1. The van der Waals surface area contributed by atoms with Crippen LogP contribution in [0.1, 0.15) is 31.2 Å². The van der Waals surface area contributed by atoms with Crippen LogP contribution >= 0.6 is 11.3 Å². The second-order valence-electron chi connectivity index (χ2n) is 4.74. The minimum absolute atomic E-state index is 0.00387. The lowest BCUT2D eigenvalue weighted by Crippen LogP contribution is -2.24. The van der Waals surface area contributed by atoms with Gasteiger partial charge in [-0.25, -0.2) is 4.98 Å². The van der Waals surface area contributed by atoms with Crippen molar-refractivity contribution in [1.82, 2.24) is 4.98 Å². The topological polar surface area (TPSA) is 30.0 Å². The smallest absolute Gasteiger partial charge is 0.127 e. The van der Waals surface area contributed by atoms with E-state index in [9.17, 15) is 4.79 Å². The normalized spacial score (nSPS) is 28.9. The Morgan fingerprint density at radius 1 is 1.60 bits per heavy atom. The fourth-order valence-corrected chi connectivity index (χ4v) is 2.88. The third-order valence-electron chi connectivity index (χ3n) is 2.91. The molecule has 0 N–H and O–H groups in total. The van der Waals surface area contributed by atoms with Gasteiger partial charge in [-0.1, -0.05) is 26.0 Å². The third kappa shape index (κ3) is 2.17. The lowest BCUT2D eigenvalue weighted by Gasteiger charge is -2.32. The van der Waals surface area contributed by atoms with Gasteiger partial charge < -0.3 is 4.79 Å². The highest BCUT2D eigenvalue weighted by Crippen LogP contribution is 2.42. The molecule has 0 spiro atoms. The summed E-state index contributed by atoms with van der Waals surface area (Å²) in [7, 11) is 0. The molecule has 1 aliphatic rings. The fraction of sp³-hybridized carbons (Fsp3) is 0.500. The van der Waals surface area contributed by atoms with Crippen molar-refractivity contribution < 1.29 is 4.79 Å². The predicted octanol–water partition coefficient (Wildman–Crippen LogP) is 3.03. The summed E-state index contributed by atoms with van der Waals surface area (Å²) in [6, 6.07) is 0. The van der Waals surface area contributed by atoms with Gasteiger partial charge in [0.2, 0.25) is 0 Å². The predicted molar refractivity (Wildman–Crippen MR) is 61.9 cm³/mol. The maximum Gasteiger partial charge on any atom is 0.127 e. The van der Waals surface area contributed by atoms with E-state index in [-0.39, 0.29) is 17.3 Å². The van der Waals surface area contributed by atoms with Crippen LogP contribution < -0.4 is 0 Å². The van der Waals surface area contributed by atoms with E-state index < -0.39 is 0 Å². The molecule has 0 bridgehead atoms. The molecule has 1 aromatic heterocycles. The number of hydrogen-bond donors (Lipinski definition) is 0. The number of rotatable bonds is 2. The van der Waals surface area contributed by atoms with Gasteiger partial charge in [0.15, 0.2) is 0 Å². The summed E-state index contributed by atoms with van der Waals surface area (Å²) in [6.07, 6.45) is 8.03. The van der Waals surface area contributed by atoms with E-state index in [0.717, 1.165) is 17.7 Å². The van der Waals surface area contributed by atoms with Crippen molar-refractivity contribution in [2.24, 2.45) is 11.3 Å². The molecule has 0 saturated heterocycles. The summed E-state index contributed by atoms with van der Waals surface area (Å²) in [5.41, 5.74) is 0.176. The zero-order valence-electron chi connectivity index (χ0n) is 9.01. The molecular formula is C12H15NOS. The first-order valence-electron chi connectivity index (χ1n) is 5.16. The molecule has 80 valence electrons. The summed E-state index contributed by atoms with van der Waals surface area (Å²) >= 11 is 1.65. The van der Waals surface area contributed by atoms with Crippen LogP contribution in [0, 0.1) is 11.3 Å². The number of aromatic nitrogens is 1. The quantitative estimate of drug-likeness (QED) is 0.567. The van der Waals surface area contributed by atoms with Crippen LogP contribution in [0.5, 0.6) is 0 Å². The van der Waals surface area contributed by atoms with Crippen molar-refractivity contribution in [2.45, 2.75) is 26.2 Å². The average molecular weight is 221 g/mol. The van der Waals surface area contributed by atoms with Gasteiger partial charge in [0.1, 0.15) is 6.29 Å². The second kappa shape index (κ2) is 3.89.